The molecule has 0 atom stereocenters. The van der Waals surface area contributed by atoms with Crippen molar-refractivity contribution in [2.24, 2.45) is 5.84 Å². The number of nitrogens with one attached hydrogen (secondary N) is 1. The van der Waals surface area contributed by atoms with E-state index in [1.165, 1.54) is 0 Å². The van der Waals surface area contributed by atoms with Gasteiger partial charge in [0.1, 0.15) is 11.4 Å². The molecular weight excluding hydrogens is 321 g/mol. The van der Waals surface area contributed by atoms with Crippen molar-refractivity contribution in [2.45, 2.75) is 0 Å². The molecule has 0 radical (unpaired) electrons. The third kappa shape index (κ3) is 3.01. The van der Waals surface area contributed by atoms with Gasteiger partial charge in [0.15, 0.2) is 0 Å². The van der Waals surface area contributed by atoms with Crippen LogP contribution in [0, 0.1) is 0 Å². The van der Waals surface area contributed by atoms with E-state index in [2.05, 4.69) is 20.6 Å². The van der Waals surface area contributed by atoms with E-state index < -0.39 is 0 Å². The first kappa shape index (κ1) is 14.7. The summed E-state index contributed by atoms with van der Waals surface area (Å²) in [6.45, 7) is 0. The Morgan fingerprint density at radius 2 is 1.23 bits per heavy atom. The Labute approximate surface area is 137 Å². The van der Waals surface area contributed by atoms with Gasteiger partial charge in [0.05, 0.1) is 0 Å². The van der Waals surface area contributed by atoms with Crippen LogP contribution in [0.25, 0.3) is 22.5 Å². The van der Waals surface area contributed by atoms with Gasteiger partial charge >= 0.3 is 0 Å². The van der Waals surface area contributed by atoms with E-state index in [1.54, 1.807) is 24.3 Å². The third-order valence-corrected chi connectivity index (χ3v) is 3.56. The minimum atomic E-state index is 0.239. The number of nitrogens with zero attached hydrogens (tertiary/aromatic N) is 3. The number of rotatable bonds is 3. The summed E-state index contributed by atoms with van der Waals surface area (Å²) >= 11 is 11.9. The highest BCUT2D eigenvalue weighted by atomic mass is 35.5. The molecule has 1 heterocycles. The number of hydrogen-bond donors (Lipinski definition) is 2. The molecule has 0 aliphatic rings. The van der Waals surface area contributed by atoms with Crippen molar-refractivity contribution in [3.05, 3.63) is 58.6 Å². The number of aromatic nitrogens is 3. The fourth-order valence-corrected chi connectivity index (χ4v) is 2.25. The SMILES string of the molecule is NNc1nnc(-c2ccc(Cl)cc2)c(-c2ccc(Cl)cc2)n1. The zero-order valence-corrected chi connectivity index (χ0v) is 12.8. The Hall–Kier alpha value is -2.21. The number of hydrogen-bond acceptors (Lipinski definition) is 5. The summed E-state index contributed by atoms with van der Waals surface area (Å²) in [5.41, 5.74) is 5.42. The maximum absolute atomic E-state index is 5.94. The molecule has 0 saturated carbocycles. The maximum atomic E-state index is 5.94. The molecule has 3 N–H and O–H groups in total. The molecule has 2 aromatic carbocycles. The number of nitrogen functional groups attached to an aromatic ring is 1. The molecule has 3 aromatic rings. The predicted molar refractivity (Wildman–Crippen MR) is 88.5 cm³/mol. The Bertz CT molecular complexity index is 788. The number of nitrogens with two attached hydrogens (primary N) is 1. The van der Waals surface area contributed by atoms with Crippen LogP contribution in [-0.2, 0) is 0 Å². The Morgan fingerprint density at radius 3 is 1.73 bits per heavy atom. The van der Waals surface area contributed by atoms with Crippen LogP contribution in [0.1, 0.15) is 0 Å². The van der Waals surface area contributed by atoms with E-state index in [-0.39, 0.29) is 5.95 Å². The molecule has 7 heteroatoms. The summed E-state index contributed by atoms with van der Waals surface area (Å²) in [5, 5.41) is 9.46. The number of anilines is 1. The van der Waals surface area contributed by atoms with Gasteiger partial charge in [-0.3, -0.25) is 5.43 Å². The van der Waals surface area contributed by atoms with E-state index in [0.717, 1.165) is 11.1 Å². The zero-order chi connectivity index (χ0) is 15.5. The summed E-state index contributed by atoms with van der Waals surface area (Å²) in [5.74, 6) is 5.61. The number of benzene rings is 2. The van der Waals surface area contributed by atoms with Crippen LogP contribution < -0.4 is 11.3 Å². The quantitative estimate of drug-likeness (QED) is 0.563. The largest absolute Gasteiger partial charge is 0.291 e. The molecule has 0 spiro atoms. The molecule has 22 heavy (non-hydrogen) atoms. The summed E-state index contributed by atoms with van der Waals surface area (Å²) in [7, 11) is 0. The second-order valence-electron chi connectivity index (χ2n) is 4.49. The van der Waals surface area contributed by atoms with Crippen molar-refractivity contribution in [1.29, 1.82) is 0 Å². The molecule has 5 nitrogen and oxygen atoms in total. The highest BCUT2D eigenvalue weighted by Crippen LogP contribution is 2.30. The van der Waals surface area contributed by atoms with Gasteiger partial charge in [-0.25, -0.2) is 10.8 Å². The van der Waals surface area contributed by atoms with Gasteiger partial charge in [-0.2, -0.15) is 0 Å². The number of halogens is 2. The highest BCUT2D eigenvalue weighted by Gasteiger charge is 2.13. The van der Waals surface area contributed by atoms with Gasteiger partial charge in [-0.15, -0.1) is 10.2 Å². The lowest BCUT2D eigenvalue weighted by molar-refractivity contribution is 0.972. The minimum Gasteiger partial charge on any atom is -0.291 e. The van der Waals surface area contributed by atoms with E-state index in [9.17, 15) is 0 Å². The molecule has 0 saturated heterocycles. The topological polar surface area (TPSA) is 76.7 Å². The molecular formula is C15H11Cl2N5. The van der Waals surface area contributed by atoms with Crippen LogP contribution in [0.5, 0.6) is 0 Å². The number of hydrazine groups is 1. The minimum absolute atomic E-state index is 0.239. The van der Waals surface area contributed by atoms with Crippen LogP contribution in [0.3, 0.4) is 0 Å². The first-order valence-electron chi connectivity index (χ1n) is 6.40. The fourth-order valence-electron chi connectivity index (χ4n) is 2.00. The Kier molecular flexibility index (Phi) is 4.20. The van der Waals surface area contributed by atoms with Gasteiger partial charge in [-0.1, -0.05) is 47.5 Å². The second-order valence-corrected chi connectivity index (χ2v) is 5.36. The van der Waals surface area contributed by atoms with E-state index in [1.807, 2.05) is 24.3 Å². The summed E-state index contributed by atoms with van der Waals surface area (Å²) < 4.78 is 0. The van der Waals surface area contributed by atoms with Crippen molar-refractivity contribution in [1.82, 2.24) is 15.2 Å². The van der Waals surface area contributed by atoms with E-state index in [4.69, 9.17) is 29.0 Å². The zero-order valence-electron chi connectivity index (χ0n) is 11.3. The van der Waals surface area contributed by atoms with E-state index >= 15 is 0 Å². The maximum Gasteiger partial charge on any atom is 0.257 e. The molecule has 0 amide bonds. The Balaban J connectivity index is 2.17. The monoisotopic (exact) mass is 331 g/mol. The Morgan fingerprint density at radius 1 is 0.727 bits per heavy atom. The summed E-state index contributed by atoms with van der Waals surface area (Å²) in [6.07, 6.45) is 0. The van der Waals surface area contributed by atoms with Crippen molar-refractivity contribution < 1.29 is 0 Å². The van der Waals surface area contributed by atoms with Crippen molar-refractivity contribution in [3.63, 3.8) is 0 Å². The van der Waals surface area contributed by atoms with Crippen LogP contribution in [0.15, 0.2) is 48.5 Å². The van der Waals surface area contributed by atoms with Crippen LogP contribution in [-0.4, -0.2) is 15.2 Å². The first-order valence-corrected chi connectivity index (χ1v) is 7.16. The van der Waals surface area contributed by atoms with Crippen LogP contribution >= 0.6 is 23.2 Å². The molecule has 0 fully saturated rings. The van der Waals surface area contributed by atoms with Crippen LogP contribution in [0.4, 0.5) is 5.95 Å². The summed E-state index contributed by atoms with van der Waals surface area (Å²) in [6, 6.07) is 14.6. The van der Waals surface area contributed by atoms with Crippen molar-refractivity contribution in [3.8, 4) is 22.5 Å². The van der Waals surface area contributed by atoms with Crippen LogP contribution in [0.2, 0.25) is 10.0 Å². The lowest BCUT2D eigenvalue weighted by Crippen LogP contribution is -2.12. The fraction of sp³-hybridized carbons (Fsp3) is 0. The van der Waals surface area contributed by atoms with Gasteiger partial charge in [0.25, 0.3) is 5.95 Å². The van der Waals surface area contributed by atoms with E-state index in [0.29, 0.717) is 21.4 Å². The van der Waals surface area contributed by atoms with Crippen molar-refractivity contribution >= 4 is 29.2 Å². The normalized spacial score (nSPS) is 10.5. The third-order valence-electron chi connectivity index (χ3n) is 3.05. The summed E-state index contributed by atoms with van der Waals surface area (Å²) in [4.78, 5) is 4.40. The highest BCUT2D eigenvalue weighted by molar-refractivity contribution is 6.31. The molecule has 0 bridgehead atoms. The molecule has 0 aliphatic heterocycles. The molecule has 3 rings (SSSR count). The van der Waals surface area contributed by atoms with Gasteiger partial charge in [0, 0.05) is 21.2 Å². The molecule has 0 unspecified atom stereocenters. The van der Waals surface area contributed by atoms with Gasteiger partial charge in [0.2, 0.25) is 0 Å². The first-order chi connectivity index (χ1) is 10.7. The second kappa shape index (κ2) is 6.27. The molecule has 1 aromatic heterocycles. The van der Waals surface area contributed by atoms with Gasteiger partial charge < -0.3 is 0 Å². The molecule has 0 aliphatic carbocycles. The van der Waals surface area contributed by atoms with Crippen molar-refractivity contribution in [2.75, 3.05) is 5.43 Å². The lowest BCUT2D eigenvalue weighted by atomic mass is 10.0. The average molecular weight is 332 g/mol. The predicted octanol–water partition coefficient (Wildman–Crippen LogP) is 3.80. The lowest BCUT2D eigenvalue weighted by Gasteiger charge is -2.09. The standard InChI is InChI=1S/C15H11Cl2N5/c16-11-5-1-9(2-6-11)13-14(21-22-15(19-13)20-18)10-3-7-12(17)8-4-10/h1-8H,18H2,(H,19,20,22). The average Bonchev–Trinajstić information content (AvgIpc) is 2.56. The molecule has 110 valence electrons. The van der Waals surface area contributed by atoms with Gasteiger partial charge in [-0.05, 0) is 24.3 Å². The smallest absolute Gasteiger partial charge is 0.257 e.